The highest BCUT2D eigenvalue weighted by molar-refractivity contribution is 6.36. The average Bonchev–Trinajstić information content (AvgIpc) is 3.31. The first-order chi connectivity index (χ1) is 16.6. The van der Waals surface area contributed by atoms with Crippen LogP contribution >= 0.6 is 23.2 Å². The van der Waals surface area contributed by atoms with Crippen molar-refractivity contribution in [2.24, 2.45) is 0 Å². The maximum atomic E-state index is 12.9. The molecule has 180 valence electrons. The normalized spacial score (nSPS) is 11.6. The zero-order valence-electron chi connectivity index (χ0n) is 18.1. The fourth-order valence-corrected chi connectivity index (χ4v) is 4.48. The molecule has 1 N–H and O–H groups in total. The first-order valence-corrected chi connectivity index (χ1v) is 11.3. The number of hydrogen-bond donors (Lipinski definition) is 1. The van der Waals surface area contributed by atoms with Gasteiger partial charge < -0.3 is 4.98 Å². The Morgan fingerprint density at radius 2 is 1.69 bits per heavy atom. The van der Waals surface area contributed by atoms with Crippen LogP contribution in [0.25, 0.3) is 11.1 Å². The van der Waals surface area contributed by atoms with E-state index in [2.05, 4.69) is 9.97 Å². The molecule has 35 heavy (non-hydrogen) atoms. The SMILES string of the molecule is O=[N+]([O-])c1c(-c2ccc(Cl)cc2Cl)ccc(Cc2c[nH]cn2)c1CCc1ccc(C(F)(F)F)cc1. The zero-order chi connectivity index (χ0) is 25.2. The molecule has 1 aromatic heterocycles. The Hall–Kier alpha value is -3.36. The minimum Gasteiger partial charge on any atom is -0.351 e. The fraction of sp³-hybridized carbons (Fsp3) is 0.160. The third kappa shape index (κ3) is 5.66. The number of nitro benzene ring substituents is 1. The Morgan fingerprint density at radius 3 is 2.29 bits per heavy atom. The van der Waals surface area contributed by atoms with Gasteiger partial charge in [0.25, 0.3) is 5.69 Å². The van der Waals surface area contributed by atoms with Gasteiger partial charge in [-0.15, -0.1) is 0 Å². The summed E-state index contributed by atoms with van der Waals surface area (Å²) in [6, 6.07) is 13.0. The minimum absolute atomic E-state index is 0.103. The van der Waals surface area contributed by atoms with Crippen LogP contribution in [0.1, 0.15) is 27.9 Å². The van der Waals surface area contributed by atoms with E-state index >= 15 is 0 Å². The van der Waals surface area contributed by atoms with Crippen LogP contribution in [-0.4, -0.2) is 14.9 Å². The van der Waals surface area contributed by atoms with Crippen molar-refractivity contribution in [2.75, 3.05) is 0 Å². The lowest BCUT2D eigenvalue weighted by molar-refractivity contribution is -0.384. The molecule has 0 spiro atoms. The first kappa shape index (κ1) is 24.8. The molecular weight excluding hydrogens is 502 g/mol. The lowest BCUT2D eigenvalue weighted by Crippen LogP contribution is -2.07. The van der Waals surface area contributed by atoms with Crippen LogP contribution in [-0.2, 0) is 25.4 Å². The number of aromatic nitrogens is 2. The lowest BCUT2D eigenvalue weighted by atomic mass is 9.90. The number of H-pyrrole nitrogens is 1. The second kappa shape index (κ2) is 10.1. The molecule has 0 aliphatic rings. The number of benzene rings is 3. The standard InChI is InChI=1S/C25H18Cl2F3N3O2/c26-18-7-10-21(23(27)12-18)22-9-4-16(11-19-13-31-14-32-19)20(24(22)33(34)35)8-3-15-1-5-17(6-2-15)25(28,29)30/h1-2,4-7,9-10,12-14H,3,8,11H2,(H,31,32). The van der Waals surface area contributed by atoms with Crippen molar-refractivity contribution >= 4 is 28.9 Å². The number of nitrogens with one attached hydrogen (secondary N) is 1. The zero-order valence-corrected chi connectivity index (χ0v) is 19.6. The number of rotatable bonds is 7. The largest absolute Gasteiger partial charge is 0.416 e. The van der Waals surface area contributed by atoms with E-state index in [0.717, 1.165) is 12.1 Å². The van der Waals surface area contributed by atoms with E-state index in [1.807, 2.05) is 0 Å². The number of nitrogens with zero attached hydrogens (tertiary/aromatic N) is 2. The molecule has 0 atom stereocenters. The van der Waals surface area contributed by atoms with Crippen LogP contribution in [0.5, 0.6) is 0 Å². The van der Waals surface area contributed by atoms with Crippen molar-refractivity contribution in [1.82, 2.24) is 9.97 Å². The van der Waals surface area contributed by atoms with Crippen LogP contribution in [0.15, 0.2) is 67.1 Å². The smallest absolute Gasteiger partial charge is 0.351 e. The van der Waals surface area contributed by atoms with Crippen LogP contribution in [0.2, 0.25) is 10.0 Å². The number of aromatic amines is 1. The Kier molecular flexibility index (Phi) is 7.14. The molecule has 0 saturated carbocycles. The first-order valence-electron chi connectivity index (χ1n) is 10.5. The quantitative estimate of drug-likeness (QED) is 0.201. The van der Waals surface area contributed by atoms with Crippen LogP contribution in [0.4, 0.5) is 18.9 Å². The van der Waals surface area contributed by atoms with Gasteiger partial charge in [0.15, 0.2) is 0 Å². The van der Waals surface area contributed by atoms with Gasteiger partial charge >= 0.3 is 6.18 Å². The second-order valence-corrected chi connectivity index (χ2v) is 8.76. The highest BCUT2D eigenvalue weighted by Gasteiger charge is 2.30. The van der Waals surface area contributed by atoms with Gasteiger partial charge in [0.05, 0.1) is 33.1 Å². The van der Waals surface area contributed by atoms with Crippen molar-refractivity contribution in [3.63, 3.8) is 0 Å². The summed E-state index contributed by atoms with van der Waals surface area (Å²) in [5.74, 6) is 0. The number of halogens is 5. The molecule has 5 nitrogen and oxygen atoms in total. The summed E-state index contributed by atoms with van der Waals surface area (Å²) in [6.07, 6.45) is -0.310. The van der Waals surface area contributed by atoms with Gasteiger partial charge in [0.2, 0.25) is 0 Å². The summed E-state index contributed by atoms with van der Waals surface area (Å²) in [6.45, 7) is 0. The van der Waals surface area contributed by atoms with Crippen LogP contribution < -0.4 is 0 Å². The van der Waals surface area contributed by atoms with E-state index < -0.39 is 16.7 Å². The van der Waals surface area contributed by atoms with E-state index in [4.69, 9.17) is 23.2 Å². The monoisotopic (exact) mass is 519 g/mol. The molecule has 0 aliphatic carbocycles. The molecule has 0 radical (unpaired) electrons. The van der Waals surface area contributed by atoms with E-state index in [-0.39, 0.29) is 17.1 Å². The second-order valence-electron chi connectivity index (χ2n) is 7.91. The molecule has 0 amide bonds. The van der Waals surface area contributed by atoms with Gasteiger partial charge in [-0.3, -0.25) is 10.1 Å². The summed E-state index contributed by atoms with van der Waals surface area (Å²) in [7, 11) is 0. The van der Waals surface area contributed by atoms with E-state index in [1.165, 1.54) is 24.5 Å². The third-order valence-corrected chi connectivity index (χ3v) is 6.20. The summed E-state index contributed by atoms with van der Waals surface area (Å²) in [5.41, 5.74) is 2.46. The average molecular weight is 520 g/mol. The Labute approximate surface area is 208 Å². The number of hydrogen-bond acceptors (Lipinski definition) is 3. The molecule has 0 aliphatic heterocycles. The van der Waals surface area contributed by atoms with Gasteiger partial charge in [0.1, 0.15) is 0 Å². The molecule has 0 saturated heterocycles. The summed E-state index contributed by atoms with van der Waals surface area (Å²) >= 11 is 12.4. The molecule has 1 heterocycles. The number of alkyl halides is 3. The maximum absolute atomic E-state index is 12.9. The Morgan fingerprint density at radius 1 is 0.971 bits per heavy atom. The lowest BCUT2D eigenvalue weighted by Gasteiger charge is -2.15. The predicted molar refractivity (Wildman–Crippen MR) is 129 cm³/mol. The van der Waals surface area contributed by atoms with Crippen molar-refractivity contribution in [1.29, 1.82) is 0 Å². The van der Waals surface area contributed by atoms with Gasteiger partial charge in [-0.25, -0.2) is 4.98 Å². The molecule has 0 bridgehead atoms. The van der Waals surface area contributed by atoms with Crippen molar-refractivity contribution < 1.29 is 18.1 Å². The topological polar surface area (TPSA) is 71.8 Å². The molecule has 4 aromatic rings. The van der Waals surface area contributed by atoms with Crippen LogP contribution in [0, 0.1) is 10.1 Å². The van der Waals surface area contributed by atoms with Gasteiger partial charge in [0, 0.05) is 28.8 Å². The predicted octanol–water partition coefficient (Wildman–Crippen LogP) is 7.69. The van der Waals surface area contributed by atoms with Gasteiger partial charge in [-0.1, -0.05) is 47.5 Å². The Balaban J connectivity index is 1.77. The Bertz CT molecular complexity index is 1360. The number of aryl methyl sites for hydroxylation is 1. The molecule has 0 fully saturated rings. The molecule has 4 rings (SSSR count). The van der Waals surface area contributed by atoms with Crippen molar-refractivity contribution in [3.05, 3.63) is 115 Å². The van der Waals surface area contributed by atoms with Gasteiger partial charge in [-0.05, 0) is 54.3 Å². The molecule has 10 heteroatoms. The molecular formula is C25H18Cl2F3N3O2. The minimum atomic E-state index is -4.43. The van der Waals surface area contributed by atoms with Crippen LogP contribution in [0.3, 0.4) is 0 Å². The summed E-state index contributed by atoms with van der Waals surface area (Å²) in [5, 5.41) is 13.0. The van der Waals surface area contributed by atoms with E-state index in [9.17, 15) is 23.3 Å². The highest BCUT2D eigenvalue weighted by Crippen LogP contribution is 2.40. The summed E-state index contributed by atoms with van der Waals surface area (Å²) < 4.78 is 38.7. The third-order valence-electron chi connectivity index (χ3n) is 5.66. The fourth-order valence-electron chi connectivity index (χ4n) is 3.97. The van der Waals surface area contributed by atoms with E-state index in [1.54, 1.807) is 30.5 Å². The number of nitro groups is 1. The number of imidazole rings is 1. The molecule has 0 unspecified atom stereocenters. The van der Waals surface area contributed by atoms with E-state index in [0.29, 0.717) is 51.4 Å². The maximum Gasteiger partial charge on any atom is 0.416 e. The van der Waals surface area contributed by atoms with Crippen molar-refractivity contribution in [3.8, 4) is 11.1 Å². The summed E-state index contributed by atoms with van der Waals surface area (Å²) in [4.78, 5) is 18.9. The van der Waals surface area contributed by atoms with Gasteiger partial charge in [-0.2, -0.15) is 13.2 Å². The van der Waals surface area contributed by atoms with Crippen molar-refractivity contribution in [2.45, 2.75) is 25.4 Å². The highest BCUT2D eigenvalue weighted by atomic mass is 35.5. The molecule has 3 aromatic carbocycles.